The number of sulfone groups is 1. The zero-order valence-electron chi connectivity index (χ0n) is 21.9. The number of hydrogen-bond acceptors (Lipinski definition) is 10. The average molecular weight is 588 g/mol. The predicted octanol–water partition coefficient (Wildman–Crippen LogP) is 1.82. The number of carbonyl (C=O) groups is 2. The van der Waals surface area contributed by atoms with Crippen molar-refractivity contribution in [3.63, 3.8) is 0 Å². The van der Waals surface area contributed by atoms with E-state index < -0.39 is 49.4 Å². The highest BCUT2D eigenvalue weighted by Crippen LogP contribution is 2.25. The van der Waals surface area contributed by atoms with Crippen LogP contribution in [-0.4, -0.2) is 62.4 Å². The standard InChI is InChI=1S/C26H29N5O7S2/c1-3-10-22-29-30-26(38-22)23(32)19(4-2)28-25(33)20(16-39(34,35)15-17-11-6-5-7-12-17)27-24-18-13-8-9-14-21(18)40(36,37)31-24/h5-9,11-14,19-20H,3-4,10,15-16H2,1-2H3,(H,27,31)(H,28,33)/t19-,20-/m0/s1. The zero-order valence-corrected chi connectivity index (χ0v) is 23.5. The molecule has 0 saturated heterocycles. The Balaban J connectivity index is 1.60. The average Bonchev–Trinajstić information content (AvgIpc) is 3.49. The van der Waals surface area contributed by atoms with Crippen LogP contribution in [0.3, 0.4) is 0 Å². The van der Waals surface area contributed by atoms with Crippen LogP contribution in [-0.2, 0) is 36.8 Å². The molecule has 2 heterocycles. The van der Waals surface area contributed by atoms with E-state index in [1.807, 2.05) is 6.92 Å². The molecule has 0 unspecified atom stereocenters. The highest BCUT2D eigenvalue weighted by Gasteiger charge is 2.35. The van der Waals surface area contributed by atoms with Crippen molar-refractivity contribution in [3.05, 3.63) is 77.5 Å². The molecule has 12 nitrogen and oxygen atoms in total. The minimum absolute atomic E-state index is 0.0651. The van der Waals surface area contributed by atoms with E-state index in [1.165, 1.54) is 18.2 Å². The first-order valence-corrected chi connectivity index (χ1v) is 15.9. The lowest BCUT2D eigenvalue weighted by atomic mass is 10.1. The van der Waals surface area contributed by atoms with E-state index in [0.717, 1.165) is 6.42 Å². The van der Waals surface area contributed by atoms with Gasteiger partial charge in [-0.2, -0.15) is 8.42 Å². The molecule has 1 amide bonds. The van der Waals surface area contributed by atoms with Crippen LogP contribution >= 0.6 is 0 Å². The molecule has 1 aromatic heterocycles. The van der Waals surface area contributed by atoms with Gasteiger partial charge in [-0.1, -0.05) is 56.3 Å². The number of Topliss-reactive ketones (excluding diaryl/α,β-unsaturated/α-hetero) is 1. The topological polar surface area (TPSA) is 178 Å². The Morgan fingerprint density at radius 3 is 2.38 bits per heavy atom. The van der Waals surface area contributed by atoms with Crippen molar-refractivity contribution in [2.24, 2.45) is 4.40 Å². The molecule has 1 aliphatic rings. The predicted molar refractivity (Wildman–Crippen MR) is 146 cm³/mol. The van der Waals surface area contributed by atoms with Gasteiger partial charge in [0.2, 0.25) is 17.6 Å². The molecule has 2 aromatic carbocycles. The largest absolute Gasteiger partial charge is 0.418 e. The third kappa shape index (κ3) is 6.80. The summed E-state index contributed by atoms with van der Waals surface area (Å²) in [6, 6.07) is 11.9. The summed E-state index contributed by atoms with van der Waals surface area (Å²) in [5.74, 6) is -2.64. The Labute approximate surface area is 232 Å². The molecule has 14 heteroatoms. The van der Waals surface area contributed by atoms with Crippen molar-refractivity contribution in [2.45, 2.75) is 55.8 Å². The summed E-state index contributed by atoms with van der Waals surface area (Å²) in [7, 11) is -7.93. The number of aromatic nitrogens is 2. The molecule has 0 aliphatic carbocycles. The van der Waals surface area contributed by atoms with Crippen LogP contribution in [0.5, 0.6) is 0 Å². The highest BCUT2D eigenvalue weighted by molar-refractivity contribution is 7.91. The summed E-state index contributed by atoms with van der Waals surface area (Å²) in [5.41, 5.74) is 0.729. The van der Waals surface area contributed by atoms with Crippen molar-refractivity contribution in [2.75, 3.05) is 5.75 Å². The second-order valence-corrected chi connectivity index (χ2v) is 12.9. The van der Waals surface area contributed by atoms with Crippen LogP contribution in [0.25, 0.3) is 0 Å². The Hall–Kier alpha value is -3.91. The van der Waals surface area contributed by atoms with Gasteiger partial charge in [0.25, 0.3) is 15.9 Å². The SMILES string of the molecule is CCCc1nnc(C(=O)[C@H](CC)NC(=O)[C@H](CS(=O)(=O)Cc2ccccc2)NC2=NS(=O)(=O)c3ccccc32)o1. The summed E-state index contributed by atoms with van der Waals surface area (Å²) in [5, 5.41) is 12.9. The van der Waals surface area contributed by atoms with Gasteiger partial charge in [-0.3, -0.25) is 9.59 Å². The first-order valence-electron chi connectivity index (χ1n) is 12.6. The number of carbonyl (C=O) groups excluding carboxylic acids is 2. The van der Waals surface area contributed by atoms with Gasteiger partial charge in [-0.05, 0) is 30.5 Å². The van der Waals surface area contributed by atoms with Gasteiger partial charge >= 0.3 is 0 Å². The molecular weight excluding hydrogens is 558 g/mol. The summed E-state index contributed by atoms with van der Waals surface area (Å²) >= 11 is 0. The first-order chi connectivity index (χ1) is 19.0. The van der Waals surface area contributed by atoms with Gasteiger partial charge in [0.05, 0.1) is 17.5 Å². The Bertz CT molecular complexity index is 1630. The van der Waals surface area contributed by atoms with E-state index in [-0.39, 0.29) is 40.2 Å². The molecule has 2 N–H and O–H groups in total. The van der Waals surface area contributed by atoms with E-state index in [9.17, 15) is 26.4 Å². The third-order valence-corrected chi connectivity index (χ3v) is 9.04. The van der Waals surface area contributed by atoms with Crippen LogP contribution < -0.4 is 10.6 Å². The first kappa shape index (κ1) is 29.1. The number of benzene rings is 2. The second kappa shape index (κ2) is 12.1. The molecule has 0 saturated carbocycles. The van der Waals surface area contributed by atoms with Crippen molar-refractivity contribution in [3.8, 4) is 0 Å². The zero-order chi connectivity index (χ0) is 28.9. The Kier molecular flexibility index (Phi) is 8.79. The van der Waals surface area contributed by atoms with E-state index in [4.69, 9.17) is 4.42 Å². The number of fused-ring (bicyclic) bond motifs is 1. The number of ketones is 1. The van der Waals surface area contributed by atoms with Crippen molar-refractivity contribution >= 4 is 37.4 Å². The molecule has 0 bridgehead atoms. The molecule has 4 rings (SSSR count). The second-order valence-electron chi connectivity index (χ2n) is 9.23. The Morgan fingerprint density at radius 1 is 0.975 bits per heavy atom. The lowest BCUT2D eigenvalue weighted by Gasteiger charge is -2.22. The van der Waals surface area contributed by atoms with Gasteiger partial charge in [0, 0.05) is 12.0 Å². The van der Waals surface area contributed by atoms with Crippen LogP contribution in [0.4, 0.5) is 0 Å². The maximum Gasteiger partial charge on any atom is 0.286 e. The minimum Gasteiger partial charge on any atom is -0.418 e. The highest BCUT2D eigenvalue weighted by atomic mass is 32.2. The maximum absolute atomic E-state index is 13.5. The summed E-state index contributed by atoms with van der Waals surface area (Å²) in [6.45, 7) is 3.57. The molecule has 40 heavy (non-hydrogen) atoms. The summed E-state index contributed by atoms with van der Waals surface area (Å²) in [6.07, 6.45) is 1.37. The minimum atomic E-state index is -4.04. The van der Waals surface area contributed by atoms with Gasteiger partial charge in [0.1, 0.15) is 16.8 Å². The summed E-state index contributed by atoms with van der Waals surface area (Å²) < 4.78 is 60.5. The summed E-state index contributed by atoms with van der Waals surface area (Å²) in [4.78, 5) is 26.4. The third-order valence-electron chi connectivity index (χ3n) is 6.09. The van der Waals surface area contributed by atoms with Crippen LogP contribution in [0.2, 0.25) is 0 Å². The van der Waals surface area contributed by atoms with Gasteiger partial charge < -0.3 is 15.1 Å². The van der Waals surface area contributed by atoms with Crippen molar-refractivity contribution < 1.29 is 30.8 Å². The van der Waals surface area contributed by atoms with Gasteiger partial charge in [-0.15, -0.1) is 14.6 Å². The van der Waals surface area contributed by atoms with Crippen LogP contribution in [0.15, 0.2) is 68.3 Å². The van der Waals surface area contributed by atoms with Crippen molar-refractivity contribution in [1.29, 1.82) is 0 Å². The lowest BCUT2D eigenvalue weighted by molar-refractivity contribution is -0.122. The molecule has 0 fully saturated rings. The maximum atomic E-state index is 13.5. The fourth-order valence-electron chi connectivity index (χ4n) is 4.14. The monoisotopic (exact) mass is 587 g/mol. The Morgan fingerprint density at radius 2 is 1.68 bits per heavy atom. The number of rotatable bonds is 12. The van der Waals surface area contributed by atoms with Gasteiger partial charge in [-0.25, -0.2) is 8.42 Å². The smallest absolute Gasteiger partial charge is 0.286 e. The lowest BCUT2D eigenvalue weighted by Crippen LogP contribution is -2.54. The van der Waals surface area contributed by atoms with Crippen LogP contribution in [0, 0.1) is 0 Å². The quantitative estimate of drug-likeness (QED) is 0.297. The number of aryl methyl sites for hydroxylation is 1. The van der Waals surface area contributed by atoms with E-state index >= 15 is 0 Å². The van der Waals surface area contributed by atoms with Gasteiger partial charge in [0.15, 0.2) is 9.84 Å². The fraction of sp³-hybridized carbons (Fsp3) is 0.346. The molecule has 212 valence electrons. The number of nitrogens with one attached hydrogen (secondary N) is 2. The van der Waals surface area contributed by atoms with E-state index in [1.54, 1.807) is 43.3 Å². The van der Waals surface area contributed by atoms with Crippen LogP contribution in [0.1, 0.15) is 54.4 Å². The molecule has 3 aromatic rings. The number of nitrogens with zero attached hydrogens (tertiary/aromatic N) is 3. The van der Waals surface area contributed by atoms with E-state index in [2.05, 4.69) is 25.2 Å². The van der Waals surface area contributed by atoms with Crippen molar-refractivity contribution in [1.82, 2.24) is 20.8 Å². The number of amidine groups is 1. The molecule has 2 atom stereocenters. The number of amides is 1. The number of sulfonamides is 1. The molecular formula is C26H29N5O7S2. The fourth-order valence-corrected chi connectivity index (χ4v) is 6.88. The normalized spacial score (nSPS) is 15.5. The molecule has 0 spiro atoms. The molecule has 0 radical (unpaired) electrons. The number of hydrogen-bond donors (Lipinski definition) is 2. The molecule has 1 aliphatic heterocycles. The van der Waals surface area contributed by atoms with E-state index in [0.29, 0.717) is 12.0 Å².